The summed E-state index contributed by atoms with van der Waals surface area (Å²) in [6, 6.07) is 8.36. The molecule has 1 N–H and O–H groups in total. The van der Waals surface area contributed by atoms with E-state index in [4.69, 9.17) is 4.74 Å². The van der Waals surface area contributed by atoms with Crippen LogP contribution in [0.1, 0.15) is 79.4 Å². The molecule has 0 saturated heterocycles. The highest BCUT2D eigenvalue weighted by molar-refractivity contribution is 7.87. The number of rotatable bonds is 11. The van der Waals surface area contributed by atoms with Gasteiger partial charge in [-0.1, -0.05) is 43.7 Å². The van der Waals surface area contributed by atoms with Gasteiger partial charge in [0.25, 0.3) is 5.91 Å². The lowest BCUT2D eigenvalue weighted by Gasteiger charge is -2.40. The van der Waals surface area contributed by atoms with Crippen molar-refractivity contribution in [1.29, 1.82) is 0 Å². The SMILES string of the molecule is CCCC(C)N(C(=O)OC)C1CCC(CN(Cc2ccccc2)S(=O)(=O)NC(=O)c2cc(C(F)(F)F)cc(C(F)(F)F)c2)CC1. The first-order valence-electron chi connectivity index (χ1n) is 14.5. The zero-order valence-electron chi connectivity index (χ0n) is 25.1. The maximum atomic E-state index is 13.5. The Bertz CT molecular complexity index is 1380. The number of amides is 2. The highest BCUT2D eigenvalue weighted by Crippen LogP contribution is 2.36. The third-order valence-corrected chi connectivity index (χ3v) is 9.25. The molecule has 0 radical (unpaired) electrons. The Morgan fingerprint density at radius 2 is 1.51 bits per heavy atom. The molecule has 0 heterocycles. The van der Waals surface area contributed by atoms with E-state index in [1.807, 2.05) is 13.8 Å². The van der Waals surface area contributed by atoms with E-state index in [0.29, 0.717) is 31.2 Å². The van der Waals surface area contributed by atoms with E-state index in [-0.39, 0.29) is 49.3 Å². The predicted octanol–water partition coefficient (Wildman–Crippen LogP) is 7.02. The maximum Gasteiger partial charge on any atom is 0.416 e. The molecule has 2 amide bonds. The molecule has 0 aromatic heterocycles. The van der Waals surface area contributed by atoms with Crippen LogP contribution in [-0.2, 0) is 33.8 Å². The summed E-state index contributed by atoms with van der Waals surface area (Å²) < 4.78 is 115. The van der Waals surface area contributed by atoms with Gasteiger partial charge in [-0.15, -0.1) is 0 Å². The van der Waals surface area contributed by atoms with Crippen molar-refractivity contribution in [2.24, 2.45) is 5.92 Å². The van der Waals surface area contributed by atoms with E-state index in [1.165, 1.54) is 7.11 Å². The van der Waals surface area contributed by atoms with Gasteiger partial charge < -0.3 is 9.64 Å². The number of nitrogens with one attached hydrogen (secondary N) is 1. The van der Waals surface area contributed by atoms with Crippen molar-refractivity contribution in [2.75, 3.05) is 13.7 Å². The predicted molar refractivity (Wildman–Crippen MR) is 154 cm³/mol. The Balaban J connectivity index is 1.84. The number of ether oxygens (including phenoxy) is 1. The molecule has 8 nitrogen and oxygen atoms in total. The van der Waals surface area contributed by atoms with Gasteiger partial charge >= 0.3 is 28.7 Å². The first-order chi connectivity index (χ1) is 21.0. The fourth-order valence-electron chi connectivity index (χ4n) is 5.61. The summed E-state index contributed by atoms with van der Waals surface area (Å²) in [4.78, 5) is 27.1. The van der Waals surface area contributed by atoms with Gasteiger partial charge in [-0.25, -0.2) is 9.52 Å². The van der Waals surface area contributed by atoms with Crippen LogP contribution in [0.3, 0.4) is 0 Å². The van der Waals surface area contributed by atoms with E-state index in [2.05, 4.69) is 0 Å². The molecule has 0 bridgehead atoms. The topological polar surface area (TPSA) is 96.0 Å². The first kappa shape index (κ1) is 36.1. The van der Waals surface area contributed by atoms with E-state index in [0.717, 1.165) is 17.1 Å². The first-order valence-corrected chi connectivity index (χ1v) is 15.9. The molecule has 2 aromatic rings. The Labute approximate surface area is 258 Å². The number of nitrogens with zero attached hydrogens (tertiary/aromatic N) is 2. The van der Waals surface area contributed by atoms with Gasteiger partial charge in [0.05, 0.1) is 18.2 Å². The molecule has 1 atom stereocenters. The summed E-state index contributed by atoms with van der Waals surface area (Å²) >= 11 is 0. The highest BCUT2D eigenvalue weighted by Gasteiger charge is 2.39. The number of methoxy groups -OCH3 is 1. The summed E-state index contributed by atoms with van der Waals surface area (Å²) in [5, 5.41) is 0. The molecule has 15 heteroatoms. The van der Waals surface area contributed by atoms with E-state index >= 15 is 0 Å². The van der Waals surface area contributed by atoms with Crippen LogP contribution in [0.15, 0.2) is 48.5 Å². The normalized spacial score (nSPS) is 18.4. The second kappa shape index (κ2) is 14.8. The van der Waals surface area contributed by atoms with E-state index < -0.39 is 51.3 Å². The minimum absolute atomic E-state index is 0.0668. The van der Waals surface area contributed by atoms with Crippen LogP contribution < -0.4 is 4.72 Å². The van der Waals surface area contributed by atoms with Crippen molar-refractivity contribution in [3.8, 4) is 0 Å². The van der Waals surface area contributed by atoms with Crippen molar-refractivity contribution in [1.82, 2.24) is 13.9 Å². The Morgan fingerprint density at radius 3 is 2.00 bits per heavy atom. The van der Waals surface area contributed by atoms with Crippen LogP contribution in [0.2, 0.25) is 0 Å². The zero-order valence-corrected chi connectivity index (χ0v) is 25.9. The molecule has 1 aliphatic rings. The number of benzene rings is 2. The van der Waals surface area contributed by atoms with Crippen LogP contribution in [0, 0.1) is 5.92 Å². The van der Waals surface area contributed by atoms with E-state index in [9.17, 15) is 44.3 Å². The molecule has 45 heavy (non-hydrogen) atoms. The number of alkyl halides is 6. The second-order valence-electron chi connectivity index (χ2n) is 11.2. The molecular weight excluding hydrogens is 628 g/mol. The van der Waals surface area contributed by atoms with Gasteiger partial charge in [0.1, 0.15) is 0 Å². The summed E-state index contributed by atoms with van der Waals surface area (Å²) in [5.41, 5.74) is -4.04. The Morgan fingerprint density at radius 1 is 0.956 bits per heavy atom. The fourth-order valence-corrected chi connectivity index (χ4v) is 6.81. The van der Waals surface area contributed by atoms with Gasteiger partial charge in [0.2, 0.25) is 0 Å². The van der Waals surface area contributed by atoms with Crippen LogP contribution in [0.4, 0.5) is 31.1 Å². The van der Waals surface area contributed by atoms with Gasteiger partial charge in [-0.05, 0) is 68.7 Å². The van der Waals surface area contributed by atoms with Crippen molar-refractivity contribution in [3.05, 3.63) is 70.8 Å². The smallest absolute Gasteiger partial charge is 0.416 e. The molecule has 250 valence electrons. The Kier molecular flexibility index (Phi) is 11.9. The summed E-state index contributed by atoms with van der Waals surface area (Å²) in [6.07, 6.45) is -7.08. The van der Waals surface area contributed by atoms with Crippen LogP contribution in [0.25, 0.3) is 0 Å². The Hall–Kier alpha value is -3.33. The van der Waals surface area contributed by atoms with E-state index in [1.54, 1.807) is 40.0 Å². The third-order valence-electron chi connectivity index (χ3n) is 7.85. The lowest BCUT2D eigenvalue weighted by atomic mass is 9.84. The molecule has 2 aromatic carbocycles. The number of hydrogen-bond donors (Lipinski definition) is 1. The molecule has 3 rings (SSSR count). The van der Waals surface area contributed by atoms with Gasteiger partial charge in [-0.2, -0.15) is 39.1 Å². The van der Waals surface area contributed by atoms with Gasteiger partial charge in [-0.3, -0.25) is 4.79 Å². The van der Waals surface area contributed by atoms with Gasteiger partial charge in [0, 0.05) is 30.7 Å². The quantitative estimate of drug-likeness (QED) is 0.261. The van der Waals surface area contributed by atoms with Crippen molar-refractivity contribution in [3.63, 3.8) is 0 Å². The van der Waals surface area contributed by atoms with Crippen LogP contribution in [-0.4, -0.2) is 55.4 Å². The lowest BCUT2D eigenvalue weighted by Crippen LogP contribution is -2.49. The minimum Gasteiger partial charge on any atom is -0.453 e. The zero-order chi connectivity index (χ0) is 33.6. The molecule has 1 fully saturated rings. The number of halogens is 6. The molecular formula is C30H37F6N3O5S. The molecule has 0 aliphatic heterocycles. The summed E-state index contributed by atoms with van der Waals surface area (Å²) in [5.74, 6) is -1.84. The largest absolute Gasteiger partial charge is 0.453 e. The van der Waals surface area contributed by atoms with Crippen LogP contribution >= 0.6 is 0 Å². The standard InChI is InChI=1S/C30H37F6N3O5S/c1-4-8-20(2)39(28(41)44-3)26-13-11-22(12-14-26)19-38(18-21-9-6-5-7-10-21)45(42,43)37-27(40)23-15-24(29(31,32)33)17-25(16-23)30(34,35)36/h5-7,9-10,15-17,20,22,26H,4,8,11-14,18-19H2,1-3H3,(H,37,40). The summed E-state index contributed by atoms with van der Waals surface area (Å²) in [6.45, 7) is 3.65. The number of carbonyl (C=O) groups is 2. The van der Waals surface area contributed by atoms with Crippen molar-refractivity contribution in [2.45, 2.75) is 83.4 Å². The number of carbonyl (C=O) groups excluding carboxylic acids is 2. The third kappa shape index (κ3) is 9.83. The molecule has 1 aliphatic carbocycles. The maximum absolute atomic E-state index is 13.5. The molecule has 1 unspecified atom stereocenters. The van der Waals surface area contributed by atoms with Gasteiger partial charge in [0.15, 0.2) is 0 Å². The average Bonchev–Trinajstić information content (AvgIpc) is 2.97. The second-order valence-corrected chi connectivity index (χ2v) is 12.9. The van der Waals surface area contributed by atoms with Crippen molar-refractivity contribution < 1.29 is 49.1 Å². The highest BCUT2D eigenvalue weighted by atomic mass is 32.2. The lowest BCUT2D eigenvalue weighted by molar-refractivity contribution is -0.143. The molecule has 1 saturated carbocycles. The summed E-state index contributed by atoms with van der Waals surface area (Å²) in [7, 11) is -3.44. The average molecular weight is 666 g/mol. The molecule has 0 spiro atoms. The fraction of sp³-hybridized carbons (Fsp3) is 0.533. The van der Waals surface area contributed by atoms with Crippen LogP contribution in [0.5, 0.6) is 0 Å². The van der Waals surface area contributed by atoms with Crippen molar-refractivity contribution >= 4 is 22.2 Å². The monoisotopic (exact) mass is 665 g/mol. The minimum atomic E-state index is -5.22. The number of hydrogen-bond acceptors (Lipinski definition) is 5.